The van der Waals surface area contributed by atoms with Gasteiger partial charge in [-0.25, -0.2) is 0 Å². The molecule has 0 atom stereocenters. The fourth-order valence-corrected chi connectivity index (χ4v) is 2.09. The van der Waals surface area contributed by atoms with Gasteiger partial charge in [0.25, 0.3) is 0 Å². The van der Waals surface area contributed by atoms with Crippen molar-refractivity contribution in [1.29, 1.82) is 0 Å². The molecule has 0 aromatic heterocycles. The van der Waals surface area contributed by atoms with Crippen LogP contribution in [-0.4, -0.2) is 17.7 Å². The zero-order chi connectivity index (χ0) is 11.5. The molecule has 0 spiro atoms. The Morgan fingerprint density at radius 3 is 2.56 bits per heavy atom. The molecule has 0 heterocycles. The van der Waals surface area contributed by atoms with E-state index in [4.69, 9.17) is 9.84 Å². The summed E-state index contributed by atoms with van der Waals surface area (Å²) in [6, 6.07) is 7.21. The maximum atomic E-state index is 11.4. The minimum Gasteiger partial charge on any atom is -0.508 e. The number of carbonyl (C=O) groups is 1. The third-order valence-corrected chi connectivity index (χ3v) is 3.12. The Hall–Kier alpha value is -1.51. The van der Waals surface area contributed by atoms with Gasteiger partial charge in [-0.2, -0.15) is 0 Å². The van der Waals surface area contributed by atoms with Gasteiger partial charge >= 0.3 is 5.97 Å². The van der Waals surface area contributed by atoms with Gasteiger partial charge in [0.1, 0.15) is 5.75 Å². The van der Waals surface area contributed by atoms with E-state index < -0.39 is 0 Å². The number of rotatable bonds is 3. The van der Waals surface area contributed by atoms with E-state index in [0.717, 1.165) is 12.8 Å². The van der Waals surface area contributed by atoms with Crippen LogP contribution in [0.25, 0.3) is 0 Å². The molecule has 0 saturated heterocycles. The van der Waals surface area contributed by atoms with Gasteiger partial charge in [-0.1, -0.05) is 12.1 Å². The van der Waals surface area contributed by atoms with E-state index in [1.165, 1.54) is 5.56 Å². The van der Waals surface area contributed by atoms with Gasteiger partial charge in [-0.05, 0) is 43.4 Å². The molecule has 1 aromatic rings. The van der Waals surface area contributed by atoms with Crippen LogP contribution in [0.1, 0.15) is 31.2 Å². The second-order valence-corrected chi connectivity index (χ2v) is 4.21. The van der Waals surface area contributed by atoms with E-state index >= 15 is 0 Å². The maximum Gasteiger partial charge on any atom is 0.308 e. The molecular formula is C13H16O3. The Labute approximate surface area is 95.0 Å². The van der Waals surface area contributed by atoms with Gasteiger partial charge < -0.3 is 9.84 Å². The first-order chi connectivity index (χ1) is 7.70. The number of phenols is 1. The summed E-state index contributed by atoms with van der Waals surface area (Å²) in [6.45, 7) is 2.28. The molecule has 16 heavy (non-hydrogen) atoms. The fourth-order valence-electron chi connectivity index (χ4n) is 2.09. The van der Waals surface area contributed by atoms with Gasteiger partial charge in [0.2, 0.25) is 0 Å². The van der Waals surface area contributed by atoms with Crippen molar-refractivity contribution < 1.29 is 14.6 Å². The Balaban J connectivity index is 1.88. The number of carbonyl (C=O) groups excluding carboxylic acids is 1. The Bertz CT molecular complexity index is 363. The number of hydrogen-bond donors (Lipinski definition) is 1. The predicted octanol–water partition coefficient (Wildman–Crippen LogP) is 2.45. The molecular weight excluding hydrogens is 204 g/mol. The number of benzene rings is 1. The quantitative estimate of drug-likeness (QED) is 0.796. The number of hydrogen-bond acceptors (Lipinski definition) is 3. The van der Waals surface area contributed by atoms with E-state index in [2.05, 4.69) is 0 Å². The molecule has 0 bridgehead atoms. The van der Waals surface area contributed by atoms with E-state index in [0.29, 0.717) is 12.5 Å². The molecule has 1 aromatic carbocycles. The summed E-state index contributed by atoms with van der Waals surface area (Å²) in [5.74, 6) is 0.719. The van der Waals surface area contributed by atoms with Gasteiger partial charge in [-0.15, -0.1) is 0 Å². The highest BCUT2D eigenvalue weighted by molar-refractivity contribution is 5.73. The van der Waals surface area contributed by atoms with Crippen LogP contribution in [0.4, 0.5) is 0 Å². The Morgan fingerprint density at radius 2 is 2.00 bits per heavy atom. The largest absolute Gasteiger partial charge is 0.508 e. The van der Waals surface area contributed by atoms with Crippen molar-refractivity contribution in [1.82, 2.24) is 0 Å². The van der Waals surface area contributed by atoms with Gasteiger partial charge in [0.15, 0.2) is 0 Å². The van der Waals surface area contributed by atoms with Crippen molar-refractivity contribution in [3.63, 3.8) is 0 Å². The lowest BCUT2D eigenvalue weighted by Crippen LogP contribution is -2.30. The number of aromatic hydroxyl groups is 1. The number of esters is 1. The molecule has 1 aliphatic rings. The van der Waals surface area contributed by atoms with Gasteiger partial charge in [0, 0.05) is 0 Å². The third-order valence-electron chi connectivity index (χ3n) is 3.12. The zero-order valence-corrected chi connectivity index (χ0v) is 9.35. The van der Waals surface area contributed by atoms with E-state index in [9.17, 15) is 4.79 Å². The summed E-state index contributed by atoms with van der Waals surface area (Å²) in [4.78, 5) is 11.4. The molecule has 1 saturated carbocycles. The first kappa shape index (κ1) is 11.0. The Morgan fingerprint density at radius 1 is 1.38 bits per heavy atom. The molecule has 3 heteroatoms. The SMILES string of the molecule is CCOC(=O)C1CC(c2ccc(O)cc2)C1. The Kier molecular flexibility index (Phi) is 3.13. The first-order valence-corrected chi connectivity index (χ1v) is 5.66. The summed E-state index contributed by atoms with van der Waals surface area (Å²) in [5.41, 5.74) is 1.19. The molecule has 1 aliphatic carbocycles. The zero-order valence-electron chi connectivity index (χ0n) is 9.35. The highest BCUT2D eigenvalue weighted by Crippen LogP contribution is 2.42. The lowest BCUT2D eigenvalue weighted by Gasteiger charge is -2.33. The highest BCUT2D eigenvalue weighted by Gasteiger charge is 2.36. The molecule has 1 fully saturated rings. The van der Waals surface area contributed by atoms with Crippen molar-refractivity contribution >= 4 is 5.97 Å². The van der Waals surface area contributed by atoms with Gasteiger partial charge in [-0.3, -0.25) is 4.79 Å². The van der Waals surface area contributed by atoms with Crippen LogP contribution in [-0.2, 0) is 9.53 Å². The average Bonchev–Trinajstić information content (AvgIpc) is 2.19. The van der Waals surface area contributed by atoms with Crippen molar-refractivity contribution in [2.24, 2.45) is 5.92 Å². The summed E-state index contributed by atoms with van der Waals surface area (Å²) >= 11 is 0. The molecule has 0 unspecified atom stereocenters. The minimum atomic E-state index is -0.0717. The topological polar surface area (TPSA) is 46.5 Å². The summed E-state index contributed by atoms with van der Waals surface area (Å²) in [7, 11) is 0. The average molecular weight is 220 g/mol. The van der Waals surface area contributed by atoms with E-state index in [-0.39, 0.29) is 17.6 Å². The lowest BCUT2D eigenvalue weighted by atomic mass is 9.71. The van der Waals surface area contributed by atoms with Crippen molar-refractivity contribution in [2.45, 2.75) is 25.7 Å². The normalized spacial score (nSPS) is 23.6. The molecule has 0 amide bonds. The van der Waals surface area contributed by atoms with Crippen LogP contribution >= 0.6 is 0 Å². The maximum absolute atomic E-state index is 11.4. The molecule has 2 rings (SSSR count). The van der Waals surface area contributed by atoms with E-state index in [1.54, 1.807) is 12.1 Å². The second kappa shape index (κ2) is 4.56. The standard InChI is InChI=1S/C13H16O3/c1-2-16-13(15)11-7-10(8-11)9-3-5-12(14)6-4-9/h3-6,10-11,14H,2,7-8H2,1H3. The van der Waals surface area contributed by atoms with Gasteiger partial charge in [0.05, 0.1) is 12.5 Å². The molecule has 0 radical (unpaired) electrons. The summed E-state index contributed by atoms with van der Waals surface area (Å²) < 4.78 is 4.97. The molecule has 86 valence electrons. The minimum absolute atomic E-state index is 0.0683. The van der Waals surface area contributed by atoms with Crippen molar-refractivity contribution in [2.75, 3.05) is 6.61 Å². The van der Waals surface area contributed by atoms with Crippen molar-refractivity contribution in [3.8, 4) is 5.75 Å². The number of phenolic OH excluding ortho intramolecular Hbond substituents is 1. The van der Waals surface area contributed by atoms with Crippen molar-refractivity contribution in [3.05, 3.63) is 29.8 Å². The summed E-state index contributed by atoms with van der Waals surface area (Å²) in [5, 5.41) is 9.17. The van der Waals surface area contributed by atoms with Crippen LogP contribution in [0.2, 0.25) is 0 Å². The van der Waals surface area contributed by atoms with Crippen LogP contribution in [0.5, 0.6) is 5.75 Å². The monoisotopic (exact) mass is 220 g/mol. The first-order valence-electron chi connectivity index (χ1n) is 5.66. The van der Waals surface area contributed by atoms with E-state index in [1.807, 2.05) is 19.1 Å². The third kappa shape index (κ3) is 2.18. The number of ether oxygens (including phenoxy) is 1. The fraction of sp³-hybridized carbons (Fsp3) is 0.462. The lowest BCUT2D eigenvalue weighted by molar-refractivity contribution is -0.151. The van der Waals surface area contributed by atoms with Crippen LogP contribution in [0.3, 0.4) is 0 Å². The second-order valence-electron chi connectivity index (χ2n) is 4.21. The predicted molar refractivity (Wildman–Crippen MR) is 60.2 cm³/mol. The van der Waals surface area contributed by atoms with Crippen LogP contribution in [0.15, 0.2) is 24.3 Å². The molecule has 0 aliphatic heterocycles. The molecule has 3 nitrogen and oxygen atoms in total. The van der Waals surface area contributed by atoms with Crippen LogP contribution < -0.4 is 0 Å². The molecule has 1 N–H and O–H groups in total. The summed E-state index contributed by atoms with van der Waals surface area (Å²) in [6.07, 6.45) is 1.73. The highest BCUT2D eigenvalue weighted by atomic mass is 16.5. The smallest absolute Gasteiger partial charge is 0.308 e. The van der Waals surface area contributed by atoms with Crippen LogP contribution in [0, 0.1) is 5.92 Å².